The van der Waals surface area contributed by atoms with Crippen molar-refractivity contribution in [2.45, 2.75) is 11.3 Å². The summed E-state index contributed by atoms with van der Waals surface area (Å²) in [5.74, 6) is -1.26. The van der Waals surface area contributed by atoms with Gasteiger partial charge in [0.15, 0.2) is 0 Å². The number of aliphatic carboxylic acids is 1. The van der Waals surface area contributed by atoms with Crippen LogP contribution in [0.2, 0.25) is 0 Å². The van der Waals surface area contributed by atoms with Gasteiger partial charge in [0.25, 0.3) is 0 Å². The summed E-state index contributed by atoms with van der Waals surface area (Å²) < 4.78 is -1.86. The topological polar surface area (TPSA) is 37.3 Å². The molecule has 2 nitrogen and oxygen atoms in total. The van der Waals surface area contributed by atoms with Crippen molar-refractivity contribution in [2.75, 3.05) is 0 Å². The number of carboxylic acid groups (broad SMARTS) is 1. The van der Waals surface area contributed by atoms with Gasteiger partial charge in [0.2, 0.25) is 4.33 Å². The third-order valence-corrected chi connectivity index (χ3v) is 2.48. The van der Waals surface area contributed by atoms with Gasteiger partial charge in [-0.25, -0.2) is 4.79 Å². The molecule has 70 valence electrons. The number of hydrogen-bond acceptors (Lipinski definition) is 1. The van der Waals surface area contributed by atoms with E-state index >= 15 is 0 Å². The highest BCUT2D eigenvalue weighted by atomic mass is 35.5. The van der Waals surface area contributed by atoms with Crippen LogP contribution >= 0.6 is 23.2 Å². The first-order valence-corrected chi connectivity index (χ1v) is 4.39. The summed E-state index contributed by atoms with van der Waals surface area (Å²) in [7, 11) is 0. The number of alkyl halides is 2. The average Bonchev–Trinajstić information content (AvgIpc) is 2.04. The largest absolute Gasteiger partial charge is 0.479 e. The van der Waals surface area contributed by atoms with Crippen LogP contribution in [-0.4, -0.2) is 11.1 Å². The first-order valence-electron chi connectivity index (χ1n) is 3.63. The van der Waals surface area contributed by atoms with Gasteiger partial charge in [-0.3, -0.25) is 0 Å². The molecule has 0 atom stereocenters. The van der Waals surface area contributed by atoms with E-state index in [4.69, 9.17) is 28.3 Å². The van der Waals surface area contributed by atoms with Crippen molar-refractivity contribution in [2.24, 2.45) is 0 Å². The molecule has 1 aromatic rings. The summed E-state index contributed by atoms with van der Waals surface area (Å²) in [6.45, 7) is 1.76. The fourth-order valence-electron chi connectivity index (χ4n) is 1.04. The normalized spacial score (nSPS) is 11.3. The molecule has 13 heavy (non-hydrogen) atoms. The SMILES string of the molecule is Cc1ccccc1C(Cl)(Cl)C(=O)O. The van der Waals surface area contributed by atoms with Gasteiger partial charge in [0.1, 0.15) is 0 Å². The van der Waals surface area contributed by atoms with Crippen LogP contribution in [0.4, 0.5) is 0 Å². The second kappa shape index (κ2) is 3.56. The van der Waals surface area contributed by atoms with Gasteiger partial charge in [0, 0.05) is 5.56 Å². The van der Waals surface area contributed by atoms with E-state index in [1.807, 2.05) is 0 Å². The predicted molar refractivity (Wildman–Crippen MR) is 52.2 cm³/mol. The van der Waals surface area contributed by atoms with Crippen LogP contribution in [-0.2, 0) is 9.13 Å². The van der Waals surface area contributed by atoms with Gasteiger partial charge in [-0.05, 0) is 12.5 Å². The number of aryl methyl sites for hydroxylation is 1. The van der Waals surface area contributed by atoms with Crippen molar-refractivity contribution in [1.82, 2.24) is 0 Å². The molecular weight excluding hydrogens is 211 g/mol. The second-order valence-electron chi connectivity index (χ2n) is 2.69. The molecule has 0 amide bonds. The minimum atomic E-state index is -1.86. The minimum absolute atomic E-state index is 0.408. The zero-order valence-corrected chi connectivity index (χ0v) is 8.43. The van der Waals surface area contributed by atoms with E-state index < -0.39 is 10.3 Å². The Balaban J connectivity index is 3.22. The molecular formula is C9H8Cl2O2. The third-order valence-electron chi connectivity index (χ3n) is 1.75. The fourth-order valence-corrected chi connectivity index (χ4v) is 1.46. The highest BCUT2D eigenvalue weighted by Gasteiger charge is 2.36. The summed E-state index contributed by atoms with van der Waals surface area (Å²) in [5.41, 5.74) is 1.17. The Morgan fingerprint density at radius 1 is 1.38 bits per heavy atom. The third kappa shape index (κ3) is 1.95. The summed E-state index contributed by atoms with van der Waals surface area (Å²) in [5, 5.41) is 8.76. The molecule has 0 unspecified atom stereocenters. The van der Waals surface area contributed by atoms with E-state index in [1.165, 1.54) is 0 Å². The number of halogens is 2. The van der Waals surface area contributed by atoms with E-state index in [2.05, 4.69) is 0 Å². The van der Waals surface area contributed by atoms with Crippen molar-refractivity contribution in [3.8, 4) is 0 Å². The Morgan fingerprint density at radius 3 is 2.38 bits per heavy atom. The molecule has 0 aliphatic rings. The van der Waals surface area contributed by atoms with Crippen molar-refractivity contribution in [3.05, 3.63) is 35.4 Å². The van der Waals surface area contributed by atoms with E-state index in [-0.39, 0.29) is 0 Å². The lowest BCUT2D eigenvalue weighted by Crippen LogP contribution is -2.23. The zero-order chi connectivity index (χ0) is 10.1. The molecule has 0 aliphatic heterocycles. The van der Waals surface area contributed by atoms with Crippen molar-refractivity contribution < 1.29 is 9.90 Å². The second-order valence-corrected chi connectivity index (χ2v) is 4.02. The lowest BCUT2D eigenvalue weighted by molar-refractivity contribution is -0.138. The molecule has 1 aromatic carbocycles. The molecule has 0 saturated carbocycles. The Hall–Kier alpha value is -0.730. The molecule has 0 heterocycles. The van der Waals surface area contributed by atoms with Crippen LogP contribution in [0.5, 0.6) is 0 Å². The van der Waals surface area contributed by atoms with Crippen LogP contribution in [0, 0.1) is 6.92 Å². The predicted octanol–water partition coefficient (Wildman–Crippen LogP) is 2.71. The maximum atomic E-state index is 10.7. The van der Waals surface area contributed by atoms with Crippen LogP contribution in [0.3, 0.4) is 0 Å². The quantitative estimate of drug-likeness (QED) is 0.776. The smallest absolute Gasteiger partial charge is 0.344 e. The van der Waals surface area contributed by atoms with Gasteiger partial charge in [-0.1, -0.05) is 47.5 Å². The number of benzene rings is 1. The minimum Gasteiger partial charge on any atom is -0.479 e. The monoisotopic (exact) mass is 218 g/mol. The molecule has 0 bridgehead atoms. The van der Waals surface area contributed by atoms with Crippen molar-refractivity contribution in [1.29, 1.82) is 0 Å². The van der Waals surface area contributed by atoms with Gasteiger partial charge < -0.3 is 5.11 Å². The maximum absolute atomic E-state index is 10.7. The lowest BCUT2D eigenvalue weighted by atomic mass is 10.1. The molecule has 1 rings (SSSR count). The van der Waals surface area contributed by atoms with E-state index in [0.717, 1.165) is 5.56 Å². The number of carboxylic acids is 1. The van der Waals surface area contributed by atoms with Crippen molar-refractivity contribution >= 4 is 29.2 Å². The number of rotatable bonds is 2. The Labute approximate surface area is 86.1 Å². The van der Waals surface area contributed by atoms with Gasteiger partial charge in [-0.15, -0.1) is 0 Å². The summed E-state index contributed by atoms with van der Waals surface area (Å²) >= 11 is 11.3. The lowest BCUT2D eigenvalue weighted by Gasteiger charge is -2.16. The molecule has 1 N–H and O–H groups in total. The van der Waals surface area contributed by atoms with E-state index in [9.17, 15) is 4.79 Å². The first-order chi connectivity index (χ1) is 5.96. The molecule has 0 saturated heterocycles. The van der Waals surface area contributed by atoms with Gasteiger partial charge in [-0.2, -0.15) is 0 Å². The highest BCUT2D eigenvalue weighted by molar-refractivity contribution is 6.56. The summed E-state index contributed by atoms with van der Waals surface area (Å²) in [4.78, 5) is 10.7. The van der Waals surface area contributed by atoms with E-state index in [1.54, 1.807) is 31.2 Å². The molecule has 0 fully saturated rings. The molecule has 0 aromatic heterocycles. The zero-order valence-electron chi connectivity index (χ0n) is 6.92. The Morgan fingerprint density at radius 2 is 1.92 bits per heavy atom. The molecule has 4 heteroatoms. The maximum Gasteiger partial charge on any atom is 0.344 e. The Kier molecular flexibility index (Phi) is 2.84. The standard InChI is InChI=1S/C9H8Cl2O2/c1-6-4-2-3-5-7(6)9(10,11)8(12)13/h2-5H,1H3,(H,12,13). The molecule has 0 aliphatic carbocycles. The average molecular weight is 219 g/mol. The van der Waals surface area contributed by atoms with Crippen LogP contribution in [0.1, 0.15) is 11.1 Å². The Bertz CT molecular complexity index is 334. The first kappa shape index (κ1) is 10.4. The van der Waals surface area contributed by atoms with Crippen LogP contribution in [0.25, 0.3) is 0 Å². The van der Waals surface area contributed by atoms with Gasteiger partial charge >= 0.3 is 5.97 Å². The summed E-state index contributed by atoms with van der Waals surface area (Å²) in [6, 6.07) is 6.86. The van der Waals surface area contributed by atoms with Crippen molar-refractivity contribution in [3.63, 3.8) is 0 Å². The molecule has 0 radical (unpaired) electrons. The highest BCUT2D eigenvalue weighted by Crippen LogP contribution is 2.35. The fraction of sp³-hybridized carbons (Fsp3) is 0.222. The van der Waals surface area contributed by atoms with E-state index in [0.29, 0.717) is 5.56 Å². The van der Waals surface area contributed by atoms with Crippen LogP contribution in [0.15, 0.2) is 24.3 Å². The number of hydrogen-bond donors (Lipinski definition) is 1. The van der Waals surface area contributed by atoms with Gasteiger partial charge in [0.05, 0.1) is 0 Å². The van der Waals surface area contributed by atoms with Crippen LogP contribution < -0.4 is 0 Å². The summed E-state index contributed by atoms with van der Waals surface area (Å²) in [6.07, 6.45) is 0. The number of carbonyl (C=O) groups is 1. The molecule has 0 spiro atoms.